The van der Waals surface area contributed by atoms with E-state index in [0.29, 0.717) is 0 Å². The highest BCUT2D eigenvalue weighted by Crippen LogP contribution is 2.37. The zero-order chi connectivity index (χ0) is 12.1. The predicted molar refractivity (Wildman–Crippen MR) is 71.3 cm³/mol. The molecule has 2 rings (SSSR count). The Morgan fingerprint density at radius 3 is 2.71 bits per heavy atom. The lowest BCUT2D eigenvalue weighted by Crippen LogP contribution is -2.33. The SMILES string of the molecule is CCc1cccc(OCC2(CN)CCCC2)c1. The van der Waals surface area contributed by atoms with Gasteiger partial charge in [0.25, 0.3) is 0 Å². The molecule has 1 aliphatic carbocycles. The summed E-state index contributed by atoms with van der Waals surface area (Å²) in [7, 11) is 0. The van der Waals surface area contributed by atoms with Crippen LogP contribution in [0.2, 0.25) is 0 Å². The van der Waals surface area contributed by atoms with Gasteiger partial charge in [0.15, 0.2) is 0 Å². The van der Waals surface area contributed by atoms with Crippen molar-refractivity contribution in [3.63, 3.8) is 0 Å². The first kappa shape index (κ1) is 12.4. The number of rotatable bonds is 5. The summed E-state index contributed by atoms with van der Waals surface area (Å²) in [6, 6.07) is 8.39. The van der Waals surface area contributed by atoms with E-state index < -0.39 is 0 Å². The Morgan fingerprint density at radius 1 is 1.29 bits per heavy atom. The van der Waals surface area contributed by atoms with Crippen molar-refractivity contribution in [3.8, 4) is 5.75 Å². The zero-order valence-electron chi connectivity index (χ0n) is 10.7. The molecule has 1 aromatic carbocycles. The molecule has 0 saturated heterocycles. The molecule has 1 fully saturated rings. The third kappa shape index (κ3) is 3.01. The Balaban J connectivity index is 1.96. The van der Waals surface area contributed by atoms with E-state index in [-0.39, 0.29) is 5.41 Å². The summed E-state index contributed by atoms with van der Waals surface area (Å²) in [5, 5.41) is 0. The number of ether oxygens (including phenoxy) is 1. The summed E-state index contributed by atoms with van der Waals surface area (Å²) < 4.78 is 5.95. The summed E-state index contributed by atoms with van der Waals surface area (Å²) in [5.74, 6) is 0.990. The smallest absolute Gasteiger partial charge is 0.119 e. The molecule has 0 amide bonds. The lowest BCUT2D eigenvalue weighted by Gasteiger charge is -2.27. The second kappa shape index (κ2) is 5.54. The molecule has 0 bridgehead atoms. The van der Waals surface area contributed by atoms with Gasteiger partial charge in [-0.3, -0.25) is 0 Å². The van der Waals surface area contributed by atoms with E-state index in [4.69, 9.17) is 10.5 Å². The van der Waals surface area contributed by atoms with Gasteiger partial charge in [-0.15, -0.1) is 0 Å². The number of hydrogen-bond acceptors (Lipinski definition) is 2. The second-order valence-electron chi connectivity index (χ2n) is 5.20. The van der Waals surface area contributed by atoms with Crippen LogP contribution in [0, 0.1) is 5.41 Å². The van der Waals surface area contributed by atoms with Gasteiger partial charge < -0.3 is 10.5 Å². The minimum atomic E-state index is 0.238. The number of aryl methyl sites for hydroxylation is 1. The van der Waals surface area contributed by atoms with E-state index in [1.54, 1.807) is 0 Å². The Kier molecular flexibility index (Phi) is 4.06. The van der Waals surface area contributed by atoms with E-state index in [1.807, 2.05) is 6.07 Å². The molecule has 0 spiro atoms. The summed E-state index contributed by atoms with van der Waals surface area (Å²) in [6.45, 7) is 3.69. The first-order valence-electron chi connectivity index (χ1n) is 6.70. The van der Waals surface area contributed by atoms with Gasteiger partial charge in [-0.25, -0.2) is 0 Å². The highest BCUT2D eigenvalue weighted by Gasteiger charge is 2.33. The Labute approximate surface area is 104 Å². The van der Waals surface area contributed by atoms with Gasteiger partial charge in [0.1, 0.15) is 5.75 Å². The number of hydrogen-bond donors (Lipinski definition) is 1. The molecule has 0 aromatic heterocycles. The van der Waals surface area contributed by atoms with E-state index >= 15 is 0 Å². The molecule has 2 heteroatoms. The quantitative estimate of drug-likeness (QED) is 0.848. The van der Waals surface area contributed by atoms with Gasteiger partial charge in [-0.05, 0) is 37.0 Å². The minimum absolute atomic E-state index is 0.238. The molecular weight excluding hydrogens is 210 g/mol. The largest absolute Gasteiger partial charge is 0.493 e. The van der Waals surface area contributed by atoms with Crippen LogP contribution in [0.1, 0.15) is 38.2 Å². The number of nitrogens with two attached hydrogens (primary N) is 1. The van der Waals surface area contributed by atoms with Gasteiger partial charge in [-0.1, -0.05) is 31.9 Å². The Hall–Kier alpha value is -1.02. The fraction of sp³-hybridized carbons (Fsp3) is 0.600. The molecule has 0 aliphatic heterocycles. The van der Waals surface area contributed by atoms with Gasteiger partial charge in [0.2, 0.25) is 0 Å². The maximum Gasteiger partial charge on any atom is 0.119 e. The maximum atomic E-state index is 5.95. The molecule has 17 heavy (non-hydrogen) atoms. The number of benzene rings is 1. The van der Waals surface area contributed by atoms with Crippen molar-refractivity contribution in [2.75, 3.05) is 13.2 Å². The molecule has 0 radical (unpaired) electrons. The molecule has 1 aromatic rings. The first-order valence-corrected chi connectivity index (χ1v) is 6.70. The van der Waals surface area contributed by atoms with Crippen LogP contribution in [-0.2, 0) is 6.42 Å². The van der Waals surface area contributed by atoms with Crippen LogP contribution >= 0.6 is 0 Å². The van der Waals surface area contributed by atoms with Gasteiger partial charge in [0.05, 0.1) is 6.61 Å². The normalized spacial score (nSPS) is 18.2. The van der Waals surface area contributed by atoms with Crippen molar-refractivity contribution >= 4 is 0 Å². The lowest BCUT2D eigenvalue weighted by atomic mass is 9.87. The summed E-state index contributed by atoms with van der Waals surface area (Å²) in [5.41, 5.74) is 7.48. The molecule has 0 atom stereocenters. The average molecular weight is 233 g/mol. The van der Waals surface area contributed by atoms with Crippen LogP contribution in [0.15, 0.2) is 24.3 Å². The third-order valence-electron chi connectivity index (χ3n) is 3.95. The van der Waals surface area contributed by atoms with Crippen molar-refractivity contribution in [1.29, 1.82) is 0 Å². The summed E-state index contributed by atoms with van der Waals surface area (Å²) in [4.78, 5) is 0. The highest BCUT2D eigenvalue weighted by atomic mass is 16.5. The van der Waals surface area contributed by atoms with Gasteiger partial charge >= 0.3 is 0 Å². The van der Waals surface area contributed by atoms with E-state index in [9.17, 15) is 0 Å². The van der Waals surface area contributed by atoms with Crippen molar-refractivity contribution in [1.82, 2.24) is 0 Å². The van der Waals surface area contributed by atoms with Crippen LogP contribution in [0.3, 0.4) is 0 Å². The Bertz CT molecular complexity index is 356. The standard InChI is InChI=1S/C15H23NO/c1-2-13-6-5-7-14(10-13)17-12-15(11-16)8-3-4-9-15/h5-7,10H,2-4,8-9,11-12,16H2,1H3. The zero-order valence-corrected chi connectivity index (χ0v) is 10.7. The first-order chi connectivity index (χ1) is 8.28. The molecule has 2 N–H and O–H groups in total. The monoisotopic (exact) mass is 233 g/mol. The van der Waals surface area contributed by atoms with Crippen molar-refractivity contribution in [2.45, 2.75) is 39.0 Å². The third-order valence-corrected chi connectivity index (χ3v) is 3.95. The van der Waals surface area contributed by atoms with Crippen molar-refractivity contribution in [2.24, 2.45) is 11.1 Å². The highest BCUT2D eigenvalue weighted by molar-refractivity contribution is 5.28. The molecule has 94 valence electrons. The van der Waals surface area contributed by atoms with Gasteiger partial charge in [0, 0.05) is 12.0 Å². The van der Waals surface area contributed by atoms with Crippen LogP contribution in [0.5, 0.6) is 5.75 Å². The predicted octanol–water partition coefficient (Wildman–Crippen LogP) is 3.15. The molecular formula is C15H23NO. The van der Waals surface area contributed by atoms with Crippen LogP contribution < -0.4 is 10.5 Å². The topological polar surface area (TPSA) is 35.2 Å². The molecule has 2 nitrogen and oxygen atoms in total. The van der Waals surface area contributed by atoms with Crippen LogP contribution in [-0.4, -0.2) is 13.2 Å². The fourth-order valence-corrected chi connectivity index (χ4v) is 2.62. The molecule has 1 saturated carbocycles. The molecule has 0 heterocycles. The molecule has 1 aliphatic rings. The Morgan fingerprint density at radius 2 is 2.06 bits per heavy atom. The van der Waals surface area contributed by atoms with Crippen molar-refractivity contribution in [3.05, 3.63) is 29.8 Å². The van der Waals surface area contributed by atoms with Gasteiger partial charge in [-0.2, -0.15) is 0 Å². The van der Waals surface area contributed by atoms with E-state index in [1.165, 1.54) is 31.2 Å². The van der Waals surface area contributed by atoms with E-state index in [2.05, 4.69) is 25.1 Å². The maximum absolute atomic E-state index is 5.95. The summed E-state index contributed by atoms with van der Waals surface area (Å²) >= 11 is 0. The molecule has 0 unspecified atom stereocenters. The van der Waals surface area contributed by atoms with Crippen LogP contribution in [0.25, 0.3) is 0 Å². The van der Waals surface area contributed by atoms with Crippen LogP contribution in [0.4, 0.5) is 0 Å². The second-order valence-corrected chi connectivity index (χ2v) is 5.20. The summed E-state index contributed by atoms with van der Waals surface area (Å²) in [6.07, 6.45) is 6.10. The average Bonchev–Trinajstić information content (AvgIpc) is 2.86. The van der Waals surface area contributed by atoms with Crippen molar-refractivity contribution < 1.29 is 4.74 Å². The van der Waals surface area contributed by atoms with E-state index in [0.717, 1.165) is 25.3 Å². The fourth-order valence-electron chi connectivity index (χ4n) is 2.62. The minimum Gasteiger partial charge on any atom is -0.493 e. The lowest BCUT2D eigenvalue weighted by molar-refractivity contribution is 0.157.